The van der Waals surface area contributed by atoms with Crippen LogP contribution in [0, 0.1) is 0 Å². The zero-order chi connectivity index (χ0) is 12.7. The predicted octanol–water partition coefficient (Wildman–Crippen LogP) is 4.35. The fourth-order valence-electron chi connectivity index (χ4n) is 1.80. The monoisotopic (exact) mass is 322 g/mol. The SMILES string of the molecule is Oc1ccc2nc(-c3cc(Br)ccc3Cl)[nH]c2c1. The Morgan fingerprint density at radius 3 is 2.83 bits per heavy atom. The van der Waals surface area contributed by atoms with Crippen LogP contribution in [0.5, 0.6) is 5.75 Å². The Balaban J connectivity index is 2.22. The van der Waals surface area contributed by atoms with Gasteiger partial charge in [-0.3, -0.25) is 0 Å². The number of nitrogens with zero attached hydrogens (tertiary/aromatic N) is 1. The Labute approximate surface area is 117 Å². The highest BCUT2D eigenvalue weighted by molar-refractivity contribution is 9.10. The van der Waals surface area contributed by atoms with Crippen LogP contribution in [0.3, 0.4) is 0 Å². The van der Waals surface area contributed by atoms with E-state index >= 15 is 0 Å². The second-order valence-corrected chi connectivity index (χ2v) is 5.23. The van der Waals surface area contributed by atoms with Crippen LogP contribution in [0.15, 0.2) is 40.9 Å². The van der Waals surface area contributed by atoms with Gasteiger partial charge in [-0.1, -0.05) is 27.5 Å². The highest BCUT2D eigenvalue weighted by Gasteiger charge is 2.09. The van der Waals surface area contributed by atoms with Crippen LogP contribution in [0.25, 0.3) is 22.4 Å². The van der Waals surface area contributed by atoms with Gasteiger partial charge < -0.3 is 10.1 Å². The van der Waals surface area contributed by atoms with Gasteiger partial charge in [-0.25, -0.2) is 4.98 Å². The molecule has 0 aliphatic carbocycles. The summed E-state index contributed by atoms with van der Waals surface area (Å²) >= 11 is 9.57. The van der Waals surface area contributed by atoms with Crippen LogP contribution in [0.4, 0.5) is 0 Å². The average Bonchev–Trinajstić information content (AvgIpc) is 2.74. The lowest BCUT2D eigenvalue weighted by Crippen LogP contribution is -1.82. The van der Waals surface area contributed by atoms with Crippen molar-refractivity contribution in [2.75, 3.05) is 0 Å². The minimum Gasteiger partial charge on any atom is -0.508 e. The van der Waals surface area contributed by atoms with Gasteiger partial charge in [-0.15, -0.1) is 0 Å². The van der Waals surface area contributed by atoms with Gasteiger partial charge in [0.15, 0.2) is 0 Å². The highest BCUT2D eigenvalue weighted by atomic mass is 79.9. The summed E-state index contributed by atoms with van der Waals surface area (Å²) in [4.78, 5) is 7.60. The van der Waals surface area contributed by atoms with Gasteiger partial charge in [0.25, 0.3) is 0 Å². The van der Waals surface area contributed by atoms with Crippen molar-refractivity contribution in [3.63, 3.8) is 0 Å². The van der Waals surface area contributed by atoms with E-state index in [9.17, 15) is 5.11 Å². The Morgan fingerprint density at radius 1 is 1.17 bits per heavy atom. The van der Waals surface area contributed by atoms with Crippen molar-refractivity contribution in [1.29, 1.82) is 0 Å². The average molecular weight is 324 g/mol. The maximum absolute atomic E-state index is 9.43. The molecule has 18 heavy (non-hydrogen) atoms. The molecule has 1 aromatic heterocycles. The maximum atomic E-state index is 9.43. The molecule has 5 heteroatoms. The fourth-order valence-corrected chi connectivity index (χ4v) is 2.37. The summed E-state index contributed by atoms with van der Waals surface area (Å²) in [6, 6.07) is 10.6. The second kappa shape index (κ2) is 4.30. The molecule has 0 saturated carbocycles. The molecule has 3 nitrogen and oxygen atoms in total. The van der Waals surface area contributed by atoms with E-state index in [1.165, 1.54) is 0 Å². The van der Waals surface area contributed by atoms with E-state index < -0.39 is 0 Å². The van der Waals surface area contributed by atoms with Crippen LogP contribution in [0.1, 0.15) is 0 Å². The number of aromatic nitrogens is 2. The summed E-state index contributed by atoms with van der Waals surface area (Å²) in [7, 11) is 0. The minimum atomic E-state index is 0.207. The summed E-state index contributed by atoms with van der Waals surface area (Å²) in [5, 5.41) is 10.1. The number of nitrogens with one attached hydrogen (secondary N) is 1. The number of hydrogen-bond donors (Lipinski definition) is 2. The van der Waals surface area contributed by atoms with Crippen LogP contribution < -0.4 is 0 Å². The molecule has 0 saturated heterocycles. The van der Waals surface area contributed by atoms with Gasteiger partial charge in [-0.05, 0) is 30.3 Å². The van der Waals surface area contributed by atoms with Crippen molar-refractivity contribution in [2.45, 2.75) is 0 Å². The lowest BCUT2D eigenvalue weighted by atomic mass is 10.2. The molecule has 3 rings (SSSR count). The van der Waals surface area contributed by atoms with Crippen LogP contribution >= 0.6 is 27.5 Å². The molecule has 2 N–H and O–H groups in total. The van der Waals surface area contributed by atoms with E-state index in [0.717, 1.165) is 21.1 Å². The molecular weight excluding hydrogens is 316 g/mol. The number of aromatic hydroxyl groups is 1. The normalized spacial score (nSPS) is 11.0. The van der Waals surface area contributed by atoms with Gasteiger partial charge in [0.2, 0.25) is 0 Å². The largest absolute Gasteiger partial charge is 0.508 e. The Hall–Kier alpha value is -1.52. The van der Waals surface area contributed by atoms with Crippen LogP contribution in [-0.2, 0) is 0 Å². The number of rotatable bonds is 1. The van der Waals surface area contributed by atoms with Crippen molar-refractivity contribution in [1.82, 2.24) is 9.97 Å². The van der Waals surface area contributed by atoms with E-state index in [4.69, 9.17) is 11.6 Å². The maximum Gasteiger partial charge on any atom is 0.140 e. The quantitative estimate of drug-likeness (QED) is 0.699. The molecular formula is C13H8BrClN2O. The third kappa shape index (κ3) is 1.98. The zero-order valence-electron chi connectivity index (χ0n) is 9.11. The molecule has 0 radical (unpaired) electrons. The van der Waals surface area contributed by atoms with Crippen molar-refractivity contribution < 1.29 is 5.11 Å². The van der Waals surface area contributed by atoms with Crippen LogP contribution in [0.2, 0.25) is 5.02 Å². The van der Waals surface area contributed by atoms with Crippen LogP contribution in [-0.4, -0.2) is 15.1 Å². The van der Waals surface area contributed by atoms with Gasteiger partial charge in [0.05, 0.1) is 16.1 Å². The standard InChI is InChI=1S/C13H8BrClN2O/c14-7-1-3-10(15)9(5-7)13-16-11-4-2-8(18)6-12(11)17-13/h1-6,18H,(H,16,17). The first-order chi connectivity index (χ1) is 8.63. The number of hydrogen-bond acceptors (Lipinski definition) is 2. The topological polar surface area (TPSA) is 48.9 Å². The molecule has 0 bridgehead atoms. The molecule has 0 unspecified atom stereocenters. The smallest absolute Gasteiger partial charge is 0.140 e. The predicted molar refractivity (Wildman–Crippen MR) is 75.9 cm³/mol. The van der Waals surface area contributed by atoms with Gasteiger partial charge >= 0.3 is 0 Å². The molecule has 1 heterocycles. The van der Waals surface area contributed by atoms with E-state index in [1.807, 2.05) is 18.2 Å². The molecule has 0 aliphatic heterocycles. The summed E-state index contributed by atoms with van der Waals surface area (Å²) in [6.45, 7) is 0. The first-order valence-electron chi connectivity index (χ1n) is 5.27. The number of halogens is 2. The number of benzene rings is 2. The van der Waals surface area contributed by atoms with Crippen molar-refractivity contribution in [2.24, 2.45) is 0 Å². The first kappa shape index (κ1) is 11.6. The lowest BCUT2D eigenvalue weighted by Gasteiger charge is -2.00. The third-order valence-corrected chi connectivity index (χ3v) is 3.47. The summed E-state index contributed by atoms with van der Waals surface area (Å²) in [5.41, 5.74) is 2.39. The highest BCUT2D eigenvalue weighted by Crippen LogP contribution is 2.30. The molecule has 0 amide bonds. The molecule has 0 aliphatic rings. The summed E-state index contributed by atoms with van der Waals surface area (Å²) < 4.78 is 0.935. The Bertz CT molecular complexity index is 739. The number of H-pyrrole nitrogens is 1. The van der Waals surface area contributed by atoms with Crippen molar-refractivity contribution in [3.05, 3.63) is 45.9 Å². The molecule has 2 aromatic carbocycles. The second-order valence-electron chi connectivity index (χ2n) is 3.91. The first-order valence-corrected chi connectivity index (χ1v) is 6.45. The molecule has 0 atom stereocenters. The van der Waals surface area contributed by atoms with E-state index in [2.05, 4.69) is 25.9 Å². The third-order valence-electron chi connectivity index (χ3n) is 2.65. The minimum absolute atomic E-state index is 0.207. The number of phenols is 1. The van der Waals surface area contributed by atoms with E-state index in [-0.39, 0.29) is 5.75 Å². The Kier molecular flexibility index (Phi) is 2.76. The molecule has 0 fully saturated rings. The lowest BCUT2D eigenvalue weighted by molar-refractivity contribution is 0.476. The van der Waals surface area contributed by atoms with E-state index in [1.54, 1.807) is 18.2 Å². The van der Waals surface area contributed by atoms with Crippen molar-refractivity contribution >= 4 is 38.6 Å². The molecule has 3 aromatic rings. The van der Waals surface area contributed by atoms with Crippen molar-refractivity contribution in [3.8, 4) is 17.1 Å². The van der Waals surface area contributed by atoms with Gasteiger partial charge in [0, 0.05) is 16.1 Å². The fraction of sp³-hybridized carbons (Fsp3) is 0. The molecule has 0 spiro atoms. The summed E-state index contributed by atoms with van der Waals surface area (Å²) in [5.74, 6) is 0.889. The van der Waals surface area contributed by atoms with Gasteiger partial charge in [0.1, 0.15) is 11.6 Å². The van der Waals surface area contributed by atoms with E-state index in [0.29, 0.717) is 10.8 Å². The number of phenolic OH excluding ortho intramolecular Hbond substituents is 1. The number of fused-ring (bicyclic) bond motifs is 1. The number of imidazole rings is 1. The Morgan fingerprint density at radius 2 is 2.00 bits per heavy atom. The zero-order valence-corrected chi connectivity index (χ0v) is 11.5. The van der Waals surface area contributed by atoms with Gasteiger partial charge in [-0.2, -0.15) is 0 Å². The summed E-state index contributed by atoms with van der Waals surface area (Å²) in [6.07, 6.45) is 0. The molecule has 90 valence electrons. The number of aromatic amines is 1.